The van der Waals surface area contributed by atoms with Crippen molar-refractivity contribution in [2.75, 3.05) is 26.2 Å². The number of allylic oxidation sites excluding steroid dienone is 2. The zero-order valence-corrected chi connectivity index (χ0v) is 27.9. The van der Waals surface area contributed by atoms with Crippen molar-refractivity contribution < 1.29 is 28.0 Å². The lowest BCUT2D eigenvalue weighted by atomic mass is 9.92. The van der Waals surface area contributed by atoms with E-state index in [2.05, 4.69) is 47.8 Å². The van der Waals surface area contributed by atoms with Gasteiger partial charge >= 0.3 is 11.9 Å². The lowest BCUT2D eigenvalue weighted by Gasteiger charge is -2.40. The first-order valence-electron chi connectivity index (χ1n) is 16.1. The second kappa shape index (κ2) is 12.3. The first-order valence-corrected chi connectivity index (χ1v) is 16.5. The number of carbonyl (C=O) groups excluding carboxylic acids is 1. The SMILES string of the molecule is CC1=CC2=C3C[N+]3([C@@H](CC(=O)O)c3cc(-c4c(C)cc(F)cc4C)cc(Cl)n3)C(=O)[C@H](CC(C)C)N2C=C1CCN1CC[C@@H](F)C1. The highest BCUT2D eigenvalue weighted by Gasteiger charge is 2.69. The first-order chi connectivity index (χ1) is 21.8. The van der Waals surface area contributed by atoms with Crippen LogP contribution in [0.15, 0.2) is 59.1 Å². The van der Waals surface area contributed by atoms with Crippen LogP contribution < -0.4 is 0 Å². The van der Waals surface area contributed by atoms with E-state index in [1.165, 1.54) is 12.1 Å². The number of aryl methyl sites for hydroxylation is 2. The van der Waals surface area contributed by atoms with Crippen LogP contribution in [0.1, 0.15) is 69.3 Å². The van der Waals surface area contributed by atoms with E-state index in [0.29, 0.717) is 37.2 Å². The number of rotatable bonds is 10. The van der Waals surface area contributed by atoms with Crippen LogP contribution in [0.3, 0.4) is 0 Å². The summed E-state index contributed by atoms with van der Waals surface area (Å²) in [5.41, 5.74) is 7.43. The highest BCUT2D eigenvalue weighted by molar-refractivity contribution is 6.29. The van der Waals surface area contributed by atoms with Crippen LogP contribution in [0.5, 0.6) is 0 Å². The Hall–Kier alpha value is -3.40. The maximum atomic E-state index is 14.8. The molecular weight excluding hydrogens is 610 g/mol. The molecule has 4 aliphatic heterocycles. The lowest BCUT2D eigenvalue weighted by molar-refractivity contribution is -0.740. The summed E-state index contributed by atoms with van der Waals surface area (Å²) in [5, 5.41) is 10.3. The van der Waals surface area contributed by atoms with E-state index in [9.17, 15) is 23.5 Å². The van der Waals surface area contributed by atoms with Crippen LogP contribution in [-0.4, -0.2) is 74.6 Å². The molecule has 4 atom stereocenters. The van der Waals surface area contributed by atoms with Crippen molar-refractivity contribution >= 4 is 23.5 Å². The number of nitrogens with zero attached hydrogens (tertiary/aromatic N) is 4. The minimum Gasteiger partial charge on any atom is -0.481 e. The number of halogens is 3. The number of aromatic nitrogens is 1. The van der Waals surface area contributed by atoms with Crippen LogP contribution in [0.4, 0.5) is 8.78 Å². The summed E-state index contributed by atoms with van der Waals surface area (Å²) < 4.78 is 27.9. The Morgan fingerprint density at radius 2 is 1.89 bits per heavy atom. The number of aliphatic carboxylic acids is 1. The summed E-state index contributed by atoms with van der Waals surface area (Å²) in [5.74, 6) is -1.19. The molecule has 2 fully saturated rings. The second-order valence-electron chi connectivity index (χ2n) is 13.8. The van der Waals surface area contributed by atoms with Crippen LogP contribution in [0, 0.1) is 25.6 Å². The fraction of sp³-hybridized carbons (Fsp3) is 0.472. The zero-order valence-electron chi connectivity index (χ0n) is 27.1. The molecule has 2 saturated heterocycles. The van der Waals surface area contributed by atoms with Gasteiger partial charge in [0.15, 0.2) is 18.3 Å². The smallest absolute Gasteiger partial charge is 0.342 e. The predicted molar refractivity (Wildman–Crippen MR) is 174 cm³/mol. The quantitative estimate of drug-likeness (QED) is 0.166. The van der Waals surface area contributed by atoms with Crippen molar-refractivity contribution in [2.24, 2.45) is 5.92 Å². The minimum atomic E-state index is -1.03. The lowest BCUT2D eigenvalue weighted by Crippen LogP contribution is -2.53. The van der Waals surface area contributed by atoms with Gasteiger partial charge in [0.2, 0.25) is 0 Å². The van der Waals surface area contributed by atoms with Crippen molar-refractivity contribution in [3.63, 3.8) is 0 Å². The summed E-state index contributed by atoms with van der Waals surface area (Å²) in [4.78, 5) is 36.0. The molecule has 10 heteroatoms. The molecule has 0 aliphatic carbocycles. The fourth-order valence-corrected chi connectivity index (χ4v) is 7.99. The van der Waals surface area contributed by atoms with E-state index in [1.54, 1.807) is 6.07 Å². The number of likely N-dealkylation sites (tertiary alicyclic amines) is 1. The van der Waals surface area contributed by atoms with E-state index in [4.69, 9.17) is 11.6 Å². The van der Waals surface area contributed by atoms with E-state index >= 15 is 0 Å². The molecule has 0 radical (unpaired) electrons. The normalized spacial score (nSPS) is 25.0. The molecular formula is C36H42ClF2N4O3+. The number of hydrogen-bond donors (Lipinski definition) is 1. The molecule has 7 nitrogen and oxygen atoms in total. The van der Waals surface area contributed by atoms with Gasteiger partial charge in [0.1, 0.15) is 41.0 Å². The summed E-state index contributed by atoms with van der Waals surface area (Å²) >= 11 is 6.59. The van der Waals surface area contributed by atoms with E-state index in [1.807, 2.05) is 19.9 Å². The van der Waals surface area contributed by atoms with E-state index in [-0.39, 0.29) is 33.7 Å². The standard InChI is InChI=1S/C36H41ClF2N4O3/c1-20(2)10-30-36(46)43(19-32(43)29-13-21(3)24(17-42(29)30)6-8-41-9-7-26(38)18-41)31(16-34(44)45)28-14-25(15-33(37)40-28)35-22(4)11-27(39)12-23(35)5/h11-15,17,20,26,30-31H,6-10,16,18-19H2,1-5H3/p+1/t26-,30+,31+,43?/m1/s1. The predicted octanol–water partition coefficient (Wildman–Crippen LogP) is 7.25. The Labute approximate surface area is 274 Å². The van der Waals surface area contributed by atoms with Gasteiger partial charge in [0.25, 0.3) is 0 Å². The van der Waals surface area contributed by atoms with Gasteiger partial charge in [0.05, 0.1) is 0 Å². The second-order valence-corrected chi connectivity index (χ2v) is 14.2. The number of benzene rings is 1. The molecule has 1 amide bonds. The maximum Gasteiger partial charge on any atom is 0.342 e. The highest BCUT2D eigenvalue weighted by atomic mass is 35.5. The van der Waals surface area contributed by atoms with Crippen molar-refractivity contribution in [2.45, 2.75) is 78.6 Å². The topological polar surface area (TPSA) is 73.7 Å². The molecule has 4 aliphatic rings. The van der Waals surface area contributed by atoms with Crippen molar-refractivity contribution in [3.05, 3.63) is 86.9 Å². The number of fused-ring (bicyclic) bond motifs is 2. The molecule has 244 valence electrons. The number of carbonyl (C=O) groups is 2. The van der Waals surface area contributed by atoms with Crippen molar-refractivity contribution in [1.29, 1.82) is 0 Å². The molecule has 1 aromatic heterocycles. The van der Waals surface area contributed by atoms with E-state index < -0.39 is 24.2 Å². The van der Waals surface area contributed by atoms with Gasteiger partial charge in [-0.1, -0.05) is 25.4 Å². The number of quaternary nitrogens is 1. The third kappa shape index (κ3) is 5.93. The minimum absolute atomic E-state index is 0.0421. The molecule has 1 unspecified atom stereocenters. The molecule has 0 spiro atoms. The maximum absolute atomic E-state index is 14.8. The highest BCUT2D eigenvalue weighted by Crippen LogP contribution is 2.55. The van der Waals surface area contributed by atoms with E-state index in [0.717, 1.165) is 58.7 Å². The van der Waals surface area contributed by atoms with Crippen LogP contribution in [-0.2, 0) is 9.59 Å². The van der Waals surface area contributed by atoms with Crippen LogP contribution >= 0.6 is 11.6 Å². The largest absolute Gasteiger partial charge is 0.481 e. The summed E-state index contributed by atoms with van der Waals surface area (Å²) in [7, 11) is 0. The summed E-state index contributed by atoms with van der Waals surface area (Å²) in [6, 6.07) is 5.17. The number of carboxylic acid groups (broad SMARTS) is 1. The summed E-state index contributed by atoms with van der Waals surface area (Å²) in [6.45, 7) is 12.3. The van der Waals surface area contributed by atoms with Crippen LogP contribution in [0.2, 0.25) is 5.15 Å². The molecule has 2 aromatic rings. The molecule has 5 heterocycles. The van der Waals surface area contributed by atoms with Gasteiger partial charge in [-0.2, -0.15) is 0 Å². The summed E-state index contributed by atoms with van der Waals surface area (Å²) in [6.07, 6.45) is 5.09. The molecule has 6 rings (SSSR count). The Balaban J connectivity index is 1.42. The molecule has 46 heavy (non-hydrogen) atoms. The monoisotopic (exact) mass is 651 g/mol. The fourth-order valence-electron chi connectivity index (χ4n) is 7.78. The van der Waals surface area contributed by atoms with Gasteiger partial charge < -0.3 is 14.9 Å². The Morgan fingerprint density at radius 3 is 2.52 bits per heavy atom. The Morgan fingerprint density at radius 1 is 1.17 bits per heavy atom. The molecule has 0 bridgehead atoms. The number of hydrogen-bond acceptors (Lipinski definition) is 5. The Kier molecular flexibility index (Phi) is 8.72. The number of carboxylic acids is 1. The zero-order chi connectivity index (χ0) is 33.1. The Bertz CT molecular complexity index is 1680. The molecule has 1 aromatic carbocycles. The van der Waals surface area contributed by atoms with Crippen molar-refractivity contribution in [1.82, 2.24) is 14.8 Å². The molecule has 1 N–H and O–H groups in total. The van der Waals surface area contributed by atoms with Gasteiger partial charge in [-0.3, -0.25) is 4.79 Å². The number of amides is 1. The average molecular weight is 652 g/mol. The first kappa shape index (κ1) is 32.5. The number of alkyl halides is 1. The average Bonchev–Trinajstić information content (AvgIpc) is 3.59. The third-order valence-corrected chi connectivity index (χ3v) is 10.2. The third-order valence-electron chi connectivity index (χ3n) is 9.97. The van der Waals surface area contributed by atoms with Gasteiger partial charge in [0, 0.05) is 25.8 Å². The van der Waals surface area contributed by atoms with Gasteiger partial charge in [-0.05, 0) is 110 Å². The molecule has 0 saturated carbocycles. The number of pyridine rings is 1. The van der Waals surface area contributed by atoms with Crippen LogP contribution in [0.25, 0.3) is 11.1 Å². The van der Waals surface area contributed by atoms with Gasteiger partial charge in [-0.15, -0.1) is 0 Å². The van der Waals surface area contributed by atoms with Gasteiger partial charge in [-0.25, -0.2) is 23.0 Å². The van der Waals surface area contributed by atoms with Crippen molar-refractivity contribution in [3.8, 4) is 11.1 Å².